The van der Waals surface area contributed by atoms with E-state index in [1.165, 1.54) is 23.1 Å². The van der Waals surface area contributed by atoms with Crippen molar-refractivity contribution in [1.29, 1.82) is 0 Å². The molecule has 182 valence electrons. The van der Waals surface area contributed by atoms with Crippen LogP contribution in [0.4, 0.5) is 17.6 Å². The molecule has 0 radical (unpaired) electrons. The molecule has 4 heterocycles. The summed E-state index contributed by atoms with van der Waals surface area (Å²) in [6, 6.07) is 7.37. The van der Waals surface area contributed by atoms with Crippen molar-refractivity contribution in [1.82, 2.24) is 25.0 Å². The lowest BCUT2D eigenvalue weighted by atomic mass is 10.0. The Labute approximate surface area is 201 Å². The van der Waals surface area contributed by atoms with Gasteiger partial charge in [0.2, 0.25) is 5.91 Å². The van der Waals surface area contributed by atoms with Crippen LogP contribution in [0.25, 0.3) is 16.9 Å². The van der Waals surface area contributed by atoms with Crippen molar-refractivity contribution >= 4 is 23.6 Å². The molecule has 1 spiro atoms. The van der Waals surface area contributed by atoms with Gasteiger partial charge in [-0.3, -0.25) is 14.6 Å². The van der Waals surface area contributed by atoms with Crippen LogP contribution in [0.2, 0.25) is 0 Å². The maximum absolute atomic E-state index is 14.3. The van der Waals surface area contributed by atoms with E-state index in [2.05, 4.69) is 15.4 Å². The van der Waals surface area contributed by atoms with Crippen LogP contribution in [-0.2, 0) is 11.0 Å². The van der Waals surface area contributed by atoms with Crippen LogP contribution in [0.1, 0.15) is 28.9 Å². The van der Waals surface area contributed by atoms with Gasteiger partial charge in [0, 0.05) is 37.1 Å². The average Bonchev–Trinajstić information content (AvgIpc) is 3.43. The first-order valence-electron chi connectivity index (χ1n) is 10.8. The second-order valence-electron chi connectivity index (χ2n) is 8.35. The smallest absolute Gasteiger partial charge is 0.341 e. The fourth-order valence-corrected chi connectivity index (χ4v) is 5.45. The highest BCUT2D eigenvalue weighted by Crippen LogP contribution is 2.38. The average molecular weight is 505 g/mol. The summed E-state index contributed by atoms with van der Waals surface area (Å²) < 4.78 is 54.7. The van der Waals surface area contributed by atoms with Crippen molar-refractivity contribution < 1.29 is 27.2 Å². The van der Waals surface area contributed by atoms with Gasteiger partial charge in [0.1, 0.15) is 5.82 Å². The van der Waals surface area contributed by atoms with Crippen LogP contribution >= 0.6 is 11.8 Å². The van der Waals surface area contributed by atoms with E-state index >= 15 is 0 Å². The van der Waals surface area contributed by atoms with Gasteiger partial charge in [-0.2, -0.15) is 18.3 Å². The van der Waals surface area contributed by atoms with E-state index in [1.54, 1.807) is 28.8 Å². The zero-order valence-corrected chi connectivity index (χ0v) is 19.0. The van der Waals surface area contributed by atoms with Crippen molar-refractivity contribution in [2.75, 3.05) is 18.8 Å². The molecule has 2 saturated heterocycles. The van der Waals surface area contributed by atoms with Crippen molar-refractivity contribution in [2.24, 2.45) is 0 Å². The molecule has 0 saturated carbocycles. The Balaban J connectivity index is 1.47. The number of pyridine rings is 1. The second kappa shape index (κ2) is 8.67. The lowest BCUT2D eigenvalue weighted by molar-refractivity contribution is -0.140. The van der Waals surface area contributed by atoms with Crippen LogP contribution < -0.4 is 5.32 Å². The molecule has 2 aromatic heterocycles. The minimum absolute atomic E-state index is 0.0145. The van der Waals surface area contributed by atoms with Crippen molar-refractivity contribution in [2.45, 2.75) is 23.9 Å². The first-order chi connectivity index (χ1) is 16.7. The SMILES string of the molecule is O=C1CSC2(CCN(C(=O)c3cc(-c4ccncc4)n(-c4ccc(C(F)(F)F)c(F)c4)n3)CC2)N1. The number of aromatic nitrogens is 3. The number of hydrogen-bond acceptors (Lipinski definition) is 5. The lowest BCUT2D eigenvalue weighted by Crippen LogP contribution is -2.50. The molecule has 12 heteroatoms. The number of piperidine rings is 1. The molecule has 5 rings (SSSR count). The molecular weight excluding hydrogens is 486 g/mol. The molecule has 2 aliphatic heterocycles. The zero-order valence-electron chi connectivity index (χ0n) is 18.2. The highest BCUT2D eigenvalue weighted by atomic mass is 32.2. The standard InChI is InChI=1S/C23H19F4N5O2S/c24-17-11-15(1-2-16(17)23(25,26)27)32-19(14-3-7-28-8-4-14)12-18(30-32)21(34)31-9-5-22(6-10-31)29-20(33)13-35-22/h1-4,7-8,11-12H,5-6,9-10,13H2,(H,29,33). The topological polar surface area (TPSA) is 80.1 Å². The quantitative estimate of drug-likeness (QED) is 0.547. The van der Waals surface area contributed by atoms with Crippen LogP contribution in [-0.4, -0.2) is 55.2 Å². The third kappa shape index (κ3) is 4.49. The minimum Gasteiger partial charge on any atom is -0.341 e. The van der Waals surface area contributed by atoms with Crippen molar-refractivity contribution in [3.8, 4) is 16.9 Å². The highest BCUT2D eigenvalue weighted by molar-refractivity contribution is 8.01. The normalized spacial score (nSPS) is 17.6. The summed E-state index contributed by atoms with van der Waals surface area (Å²) in [7, 11) is 0. The summed E-state index contributed by atoms with van der Waals surface area (Å²) in [6.45, 7) is 0.830. The van der Waals surface area contributed by atoms with Gasteiger partial charge < -0.3 is 10.2 Å². The van der Waals surface area contributed by atoms with E-state index in [1.807, 2.05) is 0 Å². The van der Waals surface area contributed by atoms with Crippen LogP contribution in [0.5, 0.6) is 0 Å². The summed E-state index contributed by atoms with van der Waals surface area (Å²) in [4.78, 5) is 30.2. The largest absolute Gasteiger partial charge is 0.419 e. The molecule has 1 aromatic carbocycles. The number of nitrogens with one attached hydrogen (secondary N) is 1. The number of likely N-dealkylation sites (tertiary alicyclic amines) is 1. The molecule has 2 amide bonds. The minimum atomic E-state index is -4.83. The van der Waals surface area contributed by atoms with Gasteiger partial charge in [-0.25, -0.2) is 9.07 Å². The Morgan fingerprint density at radius 3 is 2.40 bits per heavy atom. The molecule has 7 nitrogen and oxygen atoms in total. The number of thioether (sulfide) groups is 1. The number of rotatable bonds is 3. The number of nitrogens with zero attached hydrogens (tertiary/aromatic N) is 4. The molecule has 0 atom stereocenters. The Kier molecular flexibility index (Phi) is 5.78. The highest BCUT2D eigenvalue weighted by Gasteiger charge is 2.42. The van der Waals surface area contributed by atoms with E-state index in [-0.39, 0.29) is 28.1 Å². The second-order valence-corrected chi connectivity index (χ2v) is 9.71. The molecule has 0 bridgehead atoms. The van der Waals surface area contributed by atoms with Crippen LogP contribution in [0, 0.1) is 5.82 Å². The predicted molar refractivity (Wildman–Crippen MR) is 120 cm³/mol. The maximum Gasteiger partial charge on any atom is 0.419 e. The third-order valence-electron chi connectivity index (χ3n) is 6.11. The Morgan fingerprint density at radius 1 is 1.09 bits per heavy atom. The van der Waals surface area contributed by atoms with Crippen molar-refractivity contribution in [3.05, 3.63) is 65.9 Å². The van der Waals surface area contributed by atoms with E-state index in [9.17, 15) is 27.2 Å². The Bertz CT molecular complexity index is 1290. The van der Waals surface area contributed by atoms with Gasteiger partial charge in [-0.15, -0.1) is 11.8 Å². The van der Waals surface area contributed by atoms with Gasteiger partial charge in [0.05, 0.1) is 27.6 Å². The van der Waals surface area contributed by atoms with E-state index in [0.29, 0.717) is 49.0 Å². The number of hydrogen-bond donors (Lipinski definition) is 1. The lowest BCUT2D eigenvalue weighted by Gasteiger charge is -2.38. The third-order valence-corrected chi connectivity index (χ3v) is 7.58. The maximum atomic E-state index is 14.3. The molecule has 2 fully saturated rings. The molecular formula is C23H19F4N5O2S. The first kappa shape index (κ1) is 23.3. The summed E-state index contributed by atoms with van der Waals surface area (Å²) in [5.41, 5.74) is -0.244. The fraction of sp³-hybridized carbons (Fsp3) is 0.304. The Morgan fingerprint density at radius 2 is 1.80 bits per heavy atom. The van der Waals surface area contributed by atoms with Gasteiger partial charge >= 0.3 is 6.18 Å². The van der Waals surface area contributed by atoms with Gasteiger partial charge in [-0.05, 0) is 43.2 Å². The zero-order chi connectivity index (χ0) is 24.8. The number of alkyl halides is 3. The number of amides is 2. The van der Waals surface area contributed by atoms with E-state index in [0.717, 1.165) is 12.1 Å². The van der Waals surface area contributed by atoms with E-state index in [4.69, 9.17) is 0 Å². The number of carbonyl (C=O) groups excluding carboxylic acids is 2. The van der Waals surface area contributed by atoms with E-state index < -0.39 is 17.6 Å². The molecule has 3 aromatic rings. The van der Waals surface area contributed by atoms with Crippen LogP contribution in [0.15, 0.2) is 48.8 Å². The molecule has 2 aliphatic rings. The van der Waals surface area contributed by atoms with Crippen LogP contribution in [0.3, 0.4) is 0 Å². The molecule has 1 N–H and O–H groups in total. The molecule has 35 heavy (non-hydrogen) atoms. The number of carbonyl (C=O) groups is 2. The Hall–Kier alpha value is -3.41. The van der Waals surface area contributed by atoms with Gasteiger partial charge in [-0.1, -0.05) is 0 Å². The summed E-state index contributed by atoms with van der Waals surface area (Å²) in [5.74, 6) is -1.40. The summed E-state index contributed by atoms with van der Waals surface area (Å²) in [6.07, 6.45) is -0.586. The molecule has 0 aliphatic carbocycles. The van der Waals surface area contributed by atoms with Gasteiger partial charge in [0.15, 0.2) is 5.69 Å². The van der Waals surface area contributed by atoms with Gasteiger partial charge in [0.25, 0.3) is 5.91 Å². The number of benzene rings is 1. The number of halogens is 4. The summed E-state index contributed by atoms with van der Waals surface area (Å²) >= 11 is 1.55. The fourth-order valence-electron chi connectivity index (χ4n) is 4.31. The molecule has 0 unspecified atom stereocenters. The predicted octanol–water partition coefficient (Wildman–Crippen LogP) is 3.89. The first-order valence-corrected chi connectivity index (χ1v) is 11.8. The summed E-state index contributed by atoms with van der Waals surface area (Å²) in [5, 5.41) is 7.34. The monoisotopic (exact) mass is 505 g/mol. The van der Waals surface area contributed by atoms with Crippen molar-refractivity contribution in [3.63, 3.8) is 0 Å².